The summed E-state index contributed by atoms with van der Waals surface area (Å²) < 4.78 is 15.2. The van der Waals surface area contributed by atoms with Gasteiger partial charge in [-0.2, -0.15) is 5.10 Å². The largest absolute Gasteiger partial charge is 0.381 e. The number of hydrogen-bond acceptors (Lipinski definition) is 4. The van der Waals surface area contributed by atoms with Gasteiger partial charge in [-0.1, -0.05) is 59.6 Å². The van der Waals surface area contributed by atoms with Crippen molar-refractivity contribution in [3.05, 3.63) is 118 Å². The van der Waals surface area contributed by atoms with Crippen LogP contribution in [0.1, 0.15) is 16.7 Å². The van der Waals surface area contributed by atoms with Gasteiger partial charge in [0.1, 0.15) is 29.7 Å². The maximum Gasteiger partial charge on any atom is 0.142 e. The van der Waals surface area contributed by atoms with Gasteiger partial charge in [-0.25, -0.2) is 14.1 Å². The molecule has 32 heavy (non-hydrogen) atoms. The Morgan fingerprint density at radius 1 is 0.781 bits per heavy atom. The summed E-state index contributed by atoms with van der Waals surface area (Å²) in [6, 6.07) is 19.0. The number of benzene rings is 3. The van der Waals surface area contributed by atoms with Crippen LogP contribution < -0.4 is 0 Å². The van der Waals surface area contributed by atoms with E-state index in [1.807, 2.05) is 0 Å². The third-order valence-electron chi connectivity index (χ3n) is 5.56. The highest BCUT2D eigenvalue weighted by Gasteiger charge is 2.52. The molecule has 0 aliphatic carbocycles. The minimum Gasteiger partial charge on any atom is -0.381 e. The van der Waals surface area contributed by atoms with E-state index < -0.39 is 17.0 Å². The summed E-state index contributed by atoms with van der Waals surface area (Å²) in [4.78, 5) is 3.95. The highest BCUT2D eigenvalue weighted by molar-refractivity contribution is 6.30. The van der Waals surface area contributed by atoms with Crippen LogP contribution in [0.15, 0.2) is 85.5 Å². The summed E-state index contributed by atoms with van der Waals surface area (Å²) in [5.41, 5.74) is -2.28. The van der Waals surface area contributed by atoms with Crippen molar-refractivity contribution in [1.29, 1.82) is 0 Å². The van der Waals surface area contributed by atoms with Gasteiger partial charge in [0.25, 0.3) is 0 Å². The van der Waals surface area contributed by atoms with Gasteiger partial charge in [0.2, 0.25) is 0 Å². The predicted octanol–water partition coefficient (Wildman–Crippen LogP) is 4.74. The molecule has 2 atom stereocenters. The van der Waals surface area contributed by atoms with Crippen LogP contribution >= 0.6 is 23.2 Å². The van der Waals surface area contributed by atoms with Crippen LogP contribution in [-0.2, 0) is 24.2 Å². The molecule has 8 heteroatoms. The molecule has 4 aromatic rings. The van der Waals surface area contributed by atoms with Crippen LogP contribution in [0, 0.1) is 5.82 Å². The monoisotopic (exact) mass is 471 g/mol. The van der Waals surface area contributed by atoms with Gasteiger partial charge < -0.3 is 10.2 Å². The molecular formula is C24H20Cl2FN3O2. The van der Waals surface area contributed by atoms with Crippen molar-refractivity contribution in [1.82, 2.24) is 14.8 Å². The molecule has 164 valence electrons. The number of nitrogens with zero attached hydrogens (tertiary/aromatic N) is 3. The van der Waals surface area contributed by atoms with Crippen molar-refractivity contribution >= 4 is 23.2 Å². The zero-order valence-electron chi connectivity index (χ0n) is 16.9. The Labute approximate surface area is 194 Å². The van der Waals surface area contributed by atoms with E-state index in [0.717, 1.165) is 5.56 Å². The van der Waals surface area contributed by atoms with Crippen LogP contribution in [0.5, 0.6) is 0 Å². The van der Waals surface area contributed by atoms with Gasteiger partial charge in [-0.3, -0.25) is 0 Å². The second-order valence-electron chi connectivity index (χ2n) is 7.63. The standard InChI is InChI=1S/C24H20Cl2FN3O2/c25-20-7-1-17(2-8-20)13-23(31,18-5-11-22(27)12-6-18)24(32,14-30-16-28-15-29-30)19-3-9-21(26)10-4-19/h1-12,15-16,31-32H,13-14H2/t23-,24-/m0/s1. The van der Waals surface area contributed by atoms with E-state index in [0.29, 0.717) is 21.2 Å². The summed E-state index contributed by atoms with van der Waals surface area (Å²) in [7, 11) is 0. The van der Waals surface area contributed by atoms with Crippen LogP contribution in [-0.4, -0.2) is 25.0 Å². The van der Waals surface area contributed by atoms with Gasteiger partial charge >= 0.3 is 0 Å². The van der Waals surface area contributed by atoms with Crippen LogP contribution in [0.4, 0.5) is 4.39 Å². The van der Waals surface area contributed by atoms with E-state index >= 15 is 0 Å². The Balaban J connectivity index is 1.91. The molecule has 0 aliphatic heterocycles. The Morgan fingerprint density at radius 2 is 1.31 bits per heavy atom. The third kappa shape index (κ3) is 4.40. The molecule has 0 saturated carbocycles. The molecule has 0 bridgehead atoms. The van der Waals surface area contributed by atoms with Crippen molar-refractivity contribution in [2.24, 2.45) is 0 Å². The Hall–Kier alpha value is -2.77. The Kier molecular flexibility index (Phi) is 6.31. The predicted molar refractivity (Wildman–Crippen MR) is 121 cm³/mol. The molecule has 5 nitrogen and oxygen atoms in total. The lowest BCUT2D eigenvalue weighted by atomic mass is 9.70. The number of halogens is 3. The van der Waals surface area contributed by atoms with E-state index in [-0.39, 0.29) is 13.0 Å². The minimum atomic E-state index is -1.89. The molecule has 1 aromatic heterocycles. The summed E-state index contributed by atoms with van der Waals surface area (Å²) in [5, 5.41) is 29.6. The lowest BCUT2D eigenvalue weighted by Gasteiger charge is -2.44. The summed E-state index contributed by atoms with van der Waals surface area (Å²) in [6.45, 7) is -0.115. The molecule has 3 aromatic carbocycles. The zero-order valence-corrected chi connectivity index (χ0v) is 18.4. The zero-order chi connectivity index (χ0) is 22.8. The first kappa shape index (κ1) is 22.4. The fourth-order valence-corrected chi connectivity index (χ4v) is 4.10. The van der Waals surface area contributed by atoms with Crippen molar-refractivity contribution < 1.29 is 14.6 Å². The molecular weight excluding hydrogens is 452 g/mol. The number of aromatic nitrogens is 3. The average molecular weight is 472 g/mol. The SMILES string of the molecule is O[C@@](Cc1ccc(Cl)cc1)(c1ccc(F)cc1)[C@](O)(Cn1cncn1)c1ccc(Cl)cc1. The lowest BCUT2D eigenvalue weighted by molar-refractivity contribution is -0.175. The molecule has 0 saturated heterocycles. The van der Waals surface area contributed by atoms with E-state index in [1.54, 1.807) is 48.5 Å². The first-order valence-corrected chi connectivity index (χ1v) is 10.6. The minimum absolute atomic E-state index is 0.0175. The molecule has 0 radical (unpaired) electrons. The molecule has 0 fully saturated rings. The first-order chi connectivity index (χ1) is 15.3. The van der Waals surface area contributed by atoms with E-state index in [1.165, 1.54) is 41.6 Å². The Morgan fingerprint density at radius 3 is 1.88 bits per heavy atom. The smallest absolute Gasteiger partial charge is 0.142 e. The normalized spacial score (nSPS) is 15.2. The van der Waals surface area contributed by atoms with Crippen molar-refractivity contribution in [3.63, 3.8) is 0 Å². The van der Waals surface area contributed by atoms with Crippen molar-refractivity contribution in [3.8, 4) is 0 Å². The molecule has 0 aliphatic rings. The third-order valence-corrected chi connectivity index (χ3v) is 6.06. The van der Waals surface area contributed by atoms with Gasteiger partial charge in [-0.15, -0.1) is 0 Å². The van der Waals surface area contributed by atoms with E-state index in [2.05, 4.69) is 10.1 Å². The van der Waals surface area contributed by atoms with Crippen molar-refractivity contribution in [2.45, 2.75) is 24.2 Å². The highest BCUT2D eigenvalue weighted by Crippen LogP contribution is 2.44. The fraction of sp³-hybridized carbons (Fsp3) is 0.167. The molecule has 2 N–H and O–H groups in total. The lowest BCUT2D eigenvalue weighted by Crippen LogP contribution is -2.53. The average Bonchev–Trinajstić information content (AvgIpc) is 3.29. The van der Waals surface area contributed by atoms with Gasteiger partial charge in [0, 0.05) is 16.5 Å². The second kappa shape index (κ2) is 9.00. The second-order valence-corrected chi connectivity index (χ2v) is 8.50. The maximum absolute atomic E-state index is 13.7. The molecule has 0 amide bonds. The molecule has 0 spiro atoms. The first-order valence-electron chi connectivity index (χ1n) is 9.84. The summed E-state index contributed by atoms with van der Waals surface area (Å²) >= 11 is 12.1. The van der Waals surface area contributed by atoms with Gasteiger partial charge in [-0.05, 0) is 53.1 Å². The van der Waals surface area contributed by atoms with E-state index in [4.69, 9.17) is 23.2 Å². The maximum atomic E-state index is 13.7. The van der Waals surface area contributed by atoms with Gasteiger partial charge in [0.15, 0.2) is 0 Å². The topological polar surface area (TPSA) is 71.2 Å². The Bertz CT molecular complexity index is 1170. The van der Waals surface area contributed by atoms with Crippen LogP contribution in [0.3, 0.4) is 0 Å². The van der Waals surface area contributed by atoms with Crippen LogP contribution in [0.25, 0.3) is 0 Å². The van der Waals surface area contributed by atoms with Crippen molar-refractivity contribution in [2.75, 3.05) is 0 Å². The molecule has 1 heterocycles. The summed E-state index contributed by atoms with van der Waals surface area (Å²) in [6.07, 6.45) is 2.82. The fourth-order valence-electron chi connectivity index (χ4n) is 3.85. The number of rotatable bonds is 7. The number of hydrogen-bond donors (Lipinski definition) is 2. The number of aliphatic hydroxyl groups is 2. The quantitative estimate of drug-likeness (QED) is 0.408. The van der Waals surface area contributed by atoms with Crippen LogP contribution in [0.2, 0.25) is 10.0 Å². The van der Waals surface area contributed by atoms with Gasteiger partial charge in [0.05, 0.1) is 6.54 Å². The summed E-state index contributed by atoms with van der Waals surface area (Å²) in [5.74, 6) is -0.450. The molecule has 4 rings (SSSR count). The molecule has 0 unspecified atom stereocenters. The van der Waals surface area contributed by atoms with E-state index in [9.17, 15) is 14.6 Å². The highest BCUT2D eigenvalue weighted by atomic mass is 35.5.